The van der Waals surface area contributed by atoms with E-state index in [0.717, 1.165) is 12.8 Å². The molecule has 6 nitrogen and oxygen atoms in total. The molecule has 2 rings (SSSR count). The zero-order chi connectivity index (χ0) is 13.3. The molecule has 0 radical (unpaired) electrons. The monoisotopic (exact) mass is 253 g/mol. The summed E-state index contributed by atoms with van der Waals surface area (Å²) in [5.41, 5.74) is -0.772. The van der Waals surface area contributed by atoms with Crippen molar-refractivity contribution in [3.63, 3.8) is 0 Å². The van der Waals surface area contributed by atoms with Gasteiger partial charge in [0.25, 0.3) is 5.91 Å². The molecular formula is C12H19N3O3. The second-order valence-corrected chi connectivity index (χ2v) is 5.31. The fraction of sp³-hybridized carbons (Fsp3) is 0.750. The largest absolute Gasteiger partial charge is 0.352 e. The topological polar surface area (TPSA) is 78.5 Å². The van der Waals surface area contributed by atoms with Crippen LogP contribution in [0.4, 0.5) is 4.79 Å². The summed E-state index contributed by atoms with van der Waals surface area (Å²) in [6.45, 7) is 3.67. The van der Waals surface area contributed by atoms with E-state index in [1.54, 1.807) is 0 Å². The maximum Gasteiger partial charge on any atom is 0.325 e. The van der Waals surface area contributed by atoms with Crippen LogP contribution in [0.3, 0.4) is 0 Å². The number of nitrogens with one attached hydrogen (secondary N) is 2. The smallest absolute Gasteiger partial charge is 0.325 e. The van der Waals surface area contributed by atoms with Gasteiger partial charge in [0.2, 0.25) is 5.91 Å². The number of amides is 4. The molecular weight excluding hydrogens is 234 g/mol. The Hall–Kier alpha value is -1.59. The van der Waals surface area contributed by atoms with E-state index in [0.29, 0.717) is 12.8 Å². The third kappa shape index (κ3) is 2.07. The van der Waals surface area contributed by atoms with Crippen molar-refractivity contribution in [2.45, 2.75) is 51.1 Å². The highest BCUT2D eigenvalue weighted by Crippen LogP contribution is 2.38. The van der Waals surface area contributed by atoms with Crippen molar-refractivity contribution in [2.75, 3.05) is 6.54 Å². The van der Waals surface area contributed by atoms with Crippen molar-refractivity contribution in [3.8, 4) is 0 Å². The maximum absolute atomic E-state index is 11.9. The highest BCUT2D eigenvalue weighted by Gasteiger charge is 2.54. The number of hydrogen-bond donors (Lipinski definition) is 2. The van der Waals surface area contributed by atoms with E-state index >= 15 is 0 Å². The van der Waals surface area contributed by atoms with Crippen LogP contribution >= 0.6 is 0 Å². The van der Waals surface area contributed by atoms with Crippen LogP contribution < -0.4 is 10.6 Å². The van der Waals surface area contributed by atoms with Gasteiger partial charge in [0.1, 0.15) is 12.1 Å². The molecule has 2 fully saturated rings. The Bertz CT molecular complexity index is 386. The molecule has 0 aromatic rings. The Morgan fingerprint density at radius 3 is 2.56 bits per heavy atom. The Morgan fingerprint density at radius 1 is 1.39 bits per heavy atom. The van der Waals surface area contributed by atoms with E-state index in [1.807, 2.05) is 13.8 Å². The lowest BCUT2D eigenvalue weighted by atomic mass is 9.96. The van der Waals surface area contributed by atoms with Gasteiger partial charge in [-0.25, -0.2) is 4.79 Å². The van der Waals surface area contributed by atoms with Crippen molar-refractivity contribution in [1.29, 1.82) is 0 Å². The minimum absolute atomic E-state index is 0.0263. The van der Waals surface area contributed by atoms with E-state index in [9.17, 15) is 14.4 Å². The van der Waals surface area contributed by atoms with Gasteiger partial charge < -0.3 is 10.2 Å². The summed E-state index contributed by atoms with van der Waals surface area (Å²) >= 11 is 0. The maximum atomic E-state index is 11.9. The summed E-state index contributed by atoms with van der Waals surface area (Å²) in [5.74, 6) is -0.469. The SMILES string of the molecule is CC(C)NC(=O)CN1C(=O)NC(=O)C12CCCC2. The Morgan fingerprint density at radius 2 is 2.00 bits per heavy atom. The van der Waals surface area contributed by atoms with Crippen LogP contribution in [0.15, 0.2) is 0 Å². The lowest BCUT2D eigenvalue weighted by Gasteiger charge is -2.30. The molecule has 1 aliphatic carbocycles. The first-order chi connectivity index (χ1) is 8.45. The predicted octanol–water partition coefficient (Wildman–Crippen LogP) is 0.376. The van der Waals surface area contributed by atoms with Gasteiger partial charge in [-0.05, 0) is 26.7 Å². The van der Waals surface area contributed by atoms with E-state index in [2.05, 4.69) is 10.6 Å². The van der Waals surface area contributed by atoms with Crippen molar-refractivity contribution in [2.24, 2.45) is 0 Å². The summed E-state index contributed by atoms with van der Waals surface area (Å²) in [5, 5.41) is 5.07. The Balaban J connectivity index is 2.12. The Kier molecular flexibility index (Phi) is 3.28. The molecule has 1 saturated carbocycles. The average molecular weight is 253 g/mol. The molecule has 0 bridgehead atoms. The third-order valence-corrected chi connectivity index (χ3v) is 3.59. The van der Waals surface area contributed by atoms with Crippen molar-refractivity contribution >= 4 is 17.8 Å². The van der Waals surface area contributed by atoms with Crippen LogP contribution in [0.25, 0.3) is 0 Å². The highest BCUT2D eigenvalue weighted by atomic mass is 16.2. The summed E-state index contributed by atoms with van der Waals surface area (Å²) in [6.07, 6.45) is 3.14. The first-order valence-corrected chi connectivity index (χ1v) is 6.38. The molecule has 1 spiro atoms. The Labute approximate surface area is 106 Å². The molecule has 0 atom stereocenters. The van der Waals surface area contributed by atoms with Crippen molar-refractivity contribution < 1.29 is 14.4 Å². The van der Waals surface area contributed by atoms with Gasteiger partial charge >= 0.3 is 6.03 Å². The molecule has 1 heterocycles. The molecule has 100 valence electrons. The van der Waals surface area contributed by atoms with Crippen LogP contribution in [0, 0.1) is 0 Å². The van der Waals surface area contributed by atoms with Gasteiger partial charge in [-0.3, -0.25) is 14.9 Å². The van der Waals surface area contributed by atoms with Gasteiger partial charge in [0.05, 0.1) is 0 Å². The number of rotatable bonds is 3. The van der Waals surface area contributed by atoms with E-state index < -0.39 is 11.6 Å². The fourth-order valence-corrected chi connectivity index (χ4v) is 2.79. The van der Waals surface area contributed by atoms with E-state index in [4.69, 9.17) is 0 Å². The zero-order valence-electron chi connectivity index (χ0n) is 10.8. The van der Waals surface area contributed by atoms with E-state index in [-0.39, 0.29) is 24.4 Å². The van der Waals surface area contributed by atoms with Crippen LogP contribution in [0.1, 0.15) is 39.5 Å². The summed E-state index contributed by atoms with van der Waals surface area (Å²) in [4.78, 5) is 36.9. The number of carbonyl (C=O) groups excluding carboxylic acids is 3. The van der Waals surface area contributed by atoms with Gasteiger partial charge in [-0.2, -0.15) is 0 Å². The number of carbonyl (C=O) groups is 3. The fourth-order valence-electron chi connectivity index (χ4n) is 2.79. The highest BCUT2D eigenvalue weighted by molar-refractivity contribution is 6.08. The number of nitrogens with zero attached hydrogens (tertiary/aromatic N) is 1. The molecule has 0 aromatic heterocycles. The van der Waals surface area contributed by atoms with Crippen molar-refractivity contribution in [3.05, 3.63) is 0 Å². The average Bonchev–Trinajstić information content (AvgIpc) is 2.81. The molecule has 4 amide bonds. The van der Waals surface area contributed by atoms with Crippen LogP contribution in [-0.2, 0) is 9.59 Å². The molecule has 2 N–H and O–H groups in total. The minimum atomic E-state index is -0.772. The third-order valence-electron chi connectivity index (χ3n) is 3.59. The molecule has 18 heavy (non-hydrogen) atoms. The second-order valence-electron chi connectivity index (χ2n) is 5.31. The second kappa shape index (κ2) is 4.59. The quantitative estimate of drug-likeness (QED) is 0.713. The summed E-state index contributed by atoms with van der Waals surface area (Å²) < 4.78 is 0. The zero-order valence-corrected chi connectivity index (χ0v) is 10.8. The van der Waals surface area contributed by atoms with Gasteiger partial charge in [-0.15, -0.1) is 0 Å². The molecule has 2 aliphatic rings. The lowest BCUT2D eigenvalue weighted by Crippen LogP contribution is -2.51. The predicted molar refractivity (Wildman–Crippen MR) is 64.7 cm³/mol. The lowest BCUT2D eigenvalue weighted by molar-refractivity contribution is -0.128. The number of imide groups is 1. The van der Waals surface area contributed by atoms with Crippen LogP contribution in [0.5, 0.6) is 0 Å². The van der Waals surface area contributed by atoms with Gasteiger partial charge in [0, 0.05) is 6.04 Å². The van der Waals surface area contributed by atoms with Crippen molar-refractivity contribution in [1.82, 2.24) is 15.5 Å². The molecule has 0 unspecified atom stereocenters. The van der Waals surface area contributed by atoms with Gasteiger partial charge in [0.15, 0.2) is 0 Å². The standard InChI is InChI=1S/C12H19N3O3/c1-8(2)13-9(16)7-15-11(18)14-10(17)12(15)5-3-4-6-12/h8H,3-7H2,1-2H3,(H,13,16)(H,14,17,18). The number of urea groups is 1. The van der Waals surface area contributed by atoms with Crippen LogP contribution in [-0.4, -0.2) is 40.9 Å². The van der Waals surface area contributed by atoms with E-state index in [1.165, 1.54) is 4.90 Å². The number of hydrogen-bond acceptors (Lipinski definition) is 3. The molecule has 1 saturated heterocycles. The first kappa shape index (κ1) is 12.9. The summed E-state index contributed by atoms with van der Waals surface area (Å²) in [7, 11) is 0. The normalized spacial score (nSPS) is 21.8. The molecule has 6 heteroatoms. The molecule has 1 aliphatic heterocycles. The van der Waals surface area contributed by atoms with Gasteiger partial charge in [-0.1, -0.05) is 12.8 Å². The van der Waals surface area contributed by atoms with Crippen LogP contribution in [0.2, 0.25) is 0 Å². The molecule has 0 aromatic carbocycles. The minimum Gasteiger partial charge on any atom is -0.352 e. The summed E-state index contributed by atoms with van der Waals surface area (Å²) in [6, 6.07) is -0.417. The first-order valence-electron chi connectivity index (χ1n) is 6.38.